The van der Waals surface area contributed by atoms with E-state index >= 15 is 0 Å². The Morgan fingerprint density at radius 2 is 1.83 bits per heavy atom. The highest BCUT2D eigenvalue weighted by molar-refractivity contribution is 7.99. The average molecular weight is 491 g/mol. The van der Waals surface area contributed by atoms with Crippen molar-refractivity contribution in [1.29, 1.82) is 0 Å². The van der Waals surface area contributed by atoms with Crippen LogP contribution in [0, 0.1) is 5.92 Å². The van der Waals surface area contributed by atoms with Gasteiger partial charge in [-0.1, -0.05) is 61.9 Å². The highest BCUT2D eigenvalue weighted by Crippen LogP contribution is 2.43. The molecule has 4 aromatic rings. The minimum Gasteiger partial charge on any atom is -0.420 e. The summed E-state index contributed by atoms with van der Waals surface area (Å²) in [6, 6.07) is 17.2. The monoisotopic (exact) mass is 490 g/mol. The minimum absolute atomic E-state index is 0.138. The van der Waals surface area contributed by atoms with E-state index in [4.69, 9.17) is 4.42 Å². The largest absolute Gasteiger partial charge is 0.420 e. The van der Waals surface area contributed by atoms with Crippen molar-refractivity contribution >= 4 is 28.4 Å². The smallest absolute Gasteiger partial charge is 0.259 e. The standard InChI is InChI=1S/C15H18N2O.C12H12N2O2S/c1-2-6-11-9-13(10-11)15-17-16-14(18-15)12-7-4-3-5-8-12;1-8(15)6-7-17-12-13-10-5-3-2-4-9(10)11(16)14-12/h3-5,7-8,11,13H,2,6,9-10H2,1H3;2-5H,6-7H2,1H3,(H,13,14,16). The number of nitrogens with zero attached hydrogens (tertiary/aromatic N) is 3. The van der Waals surface area contributed by atoms with Crippen molar-refractivity contribution in [2.75, 3.05) is 5.75 Å². The first-order valence-electron chi connectivity index (χ1n) is 12.0. The lowest BCUT2D eigenvalue weighted by molar-refractivity contribution is -0.116. The third kappa shape index (κ3) is 6.66. The summed E-state index contributed by atoms with van der Waals surface area (Å²) in [7, 11) is 0. The van der Waals surface area contributed by atoms with Crippen LogP contribution in [-0.4, -0.2) is 31.7 Å². The Hall–Kier alpha value is -3.26. The molecule has 0 spiro atoms. The van der Waals surface area contributed by atoms with Gasteiger partial charge in [0, 0.05) is 23.7 Å². The van der Waals surface area contributed by atoms with Crippen LogP contribution in [0.15, 0.2) is 69.0 Å². The highest BCUT2D eigenvalue weighted by atomic mass is 32.2. The van der Waals surface area contributed by atoms with E-state index in [0.717, 1.165) is 17.4 Å². The lowest BCUT2D eigenvalue weighted by Gasteiger charge is -2.32. The Balaban J connectivity index is 0.000000165. The van der Waals surface area contributed by atoms with E-state index in [2.05, 4.69) is 27.1 Å². The second-order valence-corrected chi connectivity index (χ2v) is 9.91. The molecule has 0 bridgehead atoms. The fourth-order valence-corrected chi connectivity index (χ4v) is 5.01. The van der Waals surface area contributed by atoms with Gasteiger partial charge in [0.2, 0.25) is 11.8 Å². The summed E-state index contributed by atoms with van der Waals surface area (Å²) in [5.74, 6) is 3.60. The molecule has 0 unspecified atom stereocenters. The molecule has 35 heavy (non-hydrogen) atoms. The molecule has 0 aliphatic heterocycles. The zero-order valence-corrected chi connectivity index (χ0v) is 20.9. The van der Waals surface area contributed by atoms with Crippen LogP contribution in [0.1, 0.15) is 57.8 Å². The highest BCUT2D eigenvalue weighted by Gasteiger charge is 2.33. The van der Waals surface area contributed by atoms with Gasteiger partial charge in [-0.15, -0.1) is 10.2 Å². The number of Topliss-reactive ketones (excluding diaryl/α,β-unsaturated/α-hetero) is 1. The first-order valence-corrected chi connectivity index (χ1v) is 13.0. The summed E-state index contributed by atoms with van der Waals surface area (Å²) in [5, 5.41) is 9.49. The lowest BCUT2D eigenvalue weighted by Crippen LogP contribution is -2.21. The molecule has 182 valence electrons. The Labute approximate surface area is 208 Å². The number of fused-ring (bicyclic) bond motifs is 1. The fourth-order valence-electron chi connectivity index (χ4n) is 4.10. The van der Waals surface area contributed by atoms with Crippen molar-refractivity contribution in [1.82, 2.24) is 20.2 Å². The van der Waals surface area contributed by atoms with Crippen LogP contribution in [0.4, 0.5) is 0 Å². The topological polar surface area (TPSA) is 102 Å². The summed E-state index contributed by atoms with van der Waals surface area (Å²) in [5.41, 5.74) is 1.54. The van der Waals surface area contributed by atoms with Crippen LogP contribution in [-0.2, 0) is 4.79 Å². The van der Waals surface area contributed by atoms with Crippen molar-refractivity contribution in [2.24, 2.45) is 5.92 Å². The van der Waals surface area contributed by atoms with Crippen LogP contribution in [0.3, 0.4) is 0 Å². The fraction of sp³-hybridized carbons (Fsp3) is 0.370. The lowest BCUT2D eigenvalue weighted by atomic mass is 9.73. The number of aromatic amines is 1. The van der Waals surface area contributed by atoms with Gasteiger partial charge in [0.05, 0.1) is 10.9 Å². The molecule has 8 heteroatoms. The average Bonchev–Trinajstić information content (AvgIpc) is 3.32. The number of rotatable bonds is 8. The Morgan fingerprint density at radius 3 is 2.57 bits per heavy atom. The normalized spacial score (nSPS) is 16.9. The molecule has 1 aliphatic carbocycles. The van der Waals surface area contributed by atoms with Gasteiger partial charge in [0.15, 0.2) is 5.16 Å². The van der Waals surface area contributed by atoms with Gasteiger partial charge < -0.3 is 9.40 Å². The summed E-state index contributed by atoms with van der Waals surface area (Å²) < 4.78 is 5.78. The SMILES string of the molecule is CC(=O)CCSc1nc2ccccc2c(=O)[nH]1.CCCC1CC(c2nnc(-c3ccccc3)o2)C1. The predicted molar refractivity (Wildman–Crippen MR) is 138 cm³/mol. The molecular weight excluding hydrogens is 460 g/mol. The third-order valence-electron chi connectivity index (χ3n) is 6.03. The van der Waals surface area contributed by atoms with Gasteiger partial charge in [0.1, 0.15) is 5.78 Å². The molecule has 0 amide bonds. The second kappa shape index (κ2) is 11.9. The molecule has 1 fully saturated rings. The Kier molecular flexibility index (Phi) is 8.47. The molecule has 2 aromatic carbocycles. The molecule has 0 atom stereocenters. The number of aromatic nitrogens is 4. The number of para-hydroxylation sites is 1. The first kappa shape index (κ1) is 24.9. The van der Waals surface area contributed by atoms with Crippen LogP contribution in [0.5, 0.6) is 0 Å². The van der Waals surface area contributed by atoms with Crippen molar-refractivity contribution in [2.45, 2.75) is 57.0 Å². The van der Waals surface area contributed by atoms with E-state index in [1.165, 1.54) is 37.4 Å². The first-order chi connectivity index (χ1) is 17.0. The number of nitrogens with one attached hydrogen (secondary N) is 1. The summed E-state index contributed by atoms with van der Waals surface area (Å²) in [4.78, 5) is 29.6. The molecular formula is C27H30N4O3S. The zero-order valence-electron chi connectivity index (χ0n) is 20.1. The number of H-pyrrole nitrogens is 1. The van der Waals surface area contributed by atoms with Crippen LogP contribution >= 0.6 is 11.8 Å². The molecule has 5 rings (SSSR count). The molecule has 2 heterocycles. The van der Waals surface area contributed by atoms with Gasteiger partial charge >= 0.3 is 0 Å². The van der Waals surface area contributed by atoms with Crippen molar-refractivity contribution in [3.8, 4) is 11.5 Å². The molecule has 1 aliphatic rings. The van der Waals surface area contributed by atoms with Crippen molar-refractivity contribution in [3.63, 3.8) is 0 Å². The van der Waals surface area contributed by atoms with E-state index in [0.29, 0.717) is 40.0 Å². The van der Waals surface area contributed by atoms with Crippen molar-refractivity contribution < 1.29 is 9.21 Å². The maximum atomic E-state index is 11.7. The van der Waals surface area contributed by atoms with E-state index in [1.807, 2.05) is 42.5 Å². The zero-order chi connectivity index (χ0) is 24.6. The van der Waals surface area contributed by atoms with Crippen LogP contribution < -0.4 is 5.56 Å². The second-order valence-electron chi connectivity index (χ2n) is 8.82. The van der Waals surface area contributed by atoms with Crippen LogP contribution in [0.2, 0.25) is 0 Å². The number of benzene rings is 2. The number of carbonyl (C=O) groups is 1. The quantitative estimate of drug-likeness (QED) is 0.238. The van der Waals surface area contributed by atoms with Crippen LogP contribution in [0.25, 0.3) is 22.4 Å². The molecule has 2 aromatic heterocycles. The Morgan fingerprint density at radius 1 is 1.09 bits per heavy atom. The number of carbonyl (C=O) groups excluding carboxylic acids is 1. The molecule has 1 saturated carbocycles. The molecule has 0 radical (unpaired) electrons. The van der Waals surface area contributed by atoms with Gasteiger partial charge in [-0.2, -0.15) is 0 Å². The summed E-state index contributed by atoms with van der Waals surface area (Å²) in [6.45, 7) is 3.80. The van der Waals surface area contributed by atoms with Gasteiger partial charge in [0.25, 0.3) is 5.56 Å². The minimum atomic E-state index is -0.138. The van der Waals surface area contributed by atoms with E-state index < -0.39 is 0 Å². The predicted octanol–water partition coefficient (Wildman–Crippen LogP) is 6.02. The number of thioether (sulfide) groups is 1. The molecule has 1 N–H and O–H groups in total. The van der Waals surface area contributed by atoms with E-state index in [9.17, 15) is 9.59 Å². The molecule has 0 saturated heterocycles. The maximum absolute atomic E-state index is 11.7. The van der Waals surface area contributed by atoms with Gasteiger partial charge in [-0.3, -0.25) is 9.59 Å². The Bertz CT molecular complexity index is 1310. The van der Waals surface area contributed by atoms with Crippen molar-refractivity contribution in [3.05, 3.63) is 70.8 Å². The van der Waals surface area contributed by atoms with E-state index in [1.54, 1.807) is 19.1 Å². The van der Waals surface area contributed by atoms with E-state index in [-0.39, 0.29) is 11.3 Å². The third-order valence-corrected chi connectivity index (χ3v) is 6.90. The maximum Gasteiger partial charge on any atom is 0.259 e. The van der Waals surface area contributed by atoms with Gasteiger partial charge in [-0.05, 0) is 49.9 Å². The number of ketones is 1. The summed E-state index contributed by atoms with van der Waals surface area (Å²) in [6.07, 6.45) is 5.52. The number of hydrogen-bond acceptors (Lipinski definition) is 7. The van der Waals surface area contributed by atoms with Gasteiger partial charge in [-0.25, -0.2) is 4.98 Å². The summed E-state index contributed by atoms with van der Waals surface area (Å²) >= 11 is 1.39. The number of hydrogen-bond donors (Lipinski definition) is 1. The molecule has 7 nitrogen and oxygen atoms in total.